The number of hydrogen-bond acceptors (Lipinski definition) is 5. The molecule has 7 nitrogen and oxygen atoms in total. The smallest absolute Gasteiger partial charge is 0.289 e. The third-order valence-corrected chi connectivity index (χ3v) is 5.63. The van der Waals surface area contributed by atoms with Crippen molar-refractivity contribution in [2.75, 3.05) is 20.2 Å². The number of hydrogen-bond donors (Lipinski definition) is 0. The maximum atomic E-state index is 13.8. The van der Waals surface area contributed by atoms with Crippen LogP contribution in [0.3, 0.4) is 0 Å². The summed E-state index contributed by atoms with van der Waals surface area (Å²) in [6.07, 6.45) is 5.10. The van der Waals surface area contributed by atoms with Crippen LogP contribution in [0.1, 0.15) is 35.1 Å². The summed E-state index contributed by atoms with van der Waals surface area (Å²) < 4.78 is 26.1. The normalized spacial score (nSPS) is 16.6. The summed E-state index contributed by atoms with van der Waals surface area (Å²) in [5.41, 5.74) is 2.12. The van der Waals surface area contributed by atoms with Gasteiger partial charge in [-0.1, -0.05) is 0 Å². The first kappa shape index (κ1) is 19.3. The van der Waals surface area contributed by atoms with Gasteiger partial charge in [-0.15, -0.1) is 0 Å². The molecular formula is C23H21FN4O3. The van der Waals surface area contributed by atoms with E-state index >= 15 is 0 Å². The minimum absolute atomic E-state index is 0.0414. The van der Waals surface area contributed by atoms with Gasteiger partial charge in [0.15, 0.2) is 17.2 Å². The molecule has 0 unspecified atom stereocenters. The second kappa shape index (κ2) is 7.86. The lowest BCUT2D eigenvalue weighted by Gasteiger charge is -2.30. The second-order valence-electron chi connectivity index (χ2n) is 7.60. The van der Waals surface area contributed by atoms with Gasteiger partial charge in [-0.05, 0) is 55.3 Å². The largest absolute Gasteiger partial charge is 0.496 e. The zero-order chi connectivity index (χ0) is 21.4. The summed E-state index contributed by atoms with van der Waals surface area (Å²) in [6, 6.07) is 11.5. The average molecular weight is 420 g/mol. The van der Waals surface area contributed by atoms with E-state index in [-0.39, 0.29) is 17.6 Å². The highest BCUT2D eigenvalue weighted by Gasteiger charge is 2.29. The lowest BCUT2D eigenvalue weighted by molar-refractivity contribution is 0.0672. The van der Waals surface area contributed by atoms with E-state index in [1.807, 2.05) is 18.3 Å². The van der Waals surface area contributed by atoms with E-state index in [1.165, 1.54) is 18.4 Å². The van der Waals surface area contributed by atoms with Crippen molar-refractivity contribution < 1.29 is 18.3 Å². The van der Waals surface area contributed by atoms with Gasteiger partial charge in [-0.2, -0.15) is 5.10 Å². The van der Waals surface area contributed by atoms with Crippen LogP contribution in [0.25, 0.3) is 16.8 Å². The predicted octanol–water partition coefficient (Wildman–Crippen LogP) is 4.16. The molecule has 5 rings (SSSR count). The first-order valence-electron chi connectivity index (χ1n) is 10.2. The quantitative estimate of drug-likeness (QED) is 0.496. The van der Waals surface area contributed by atoms with E-state index in [0.717, 1.165) is 18.4 Å². The van der Waals surface area contributed by atoms with Crippen LogP contribution in [0.4, 0.5) is 4.39 Å². The molecule has 0 bridgehead atoms. The molecule has 1 amide bonds. The van der Waals surface area contributed by atoms with E-state index in [9.17, 15) is 9.18 Å². The topological polar surface area (TPSA) is 72.9 Å². The minimum atomic E-state index is -0.335. The van der Waals surface area contributed by atoms with Crippen molar-refractivity contribution >= 4 is 11.6 Å². The SMILES string of the molecule is COc1ccc(F)cc1-c1ccc2nc([C@@H]3CCCN(C(=O)c4ccco4)C3)nn2c1. The summed E-state index contributed by atoms with van der Waals surface area (Å²) in [5.74, 6) is 1.22. The number of aromatic nitrogens is 3. The third kappa shape index (κ3) is 3.65. The summed E-state index contributed by atoms with van der Waals surface area (Å²) in [6.45, 7) is 1.23. The maximum Gasteiger partial charge on any atom is 0.289 e. The van der Waals surface area contributed by atoms with E-state index in [0.29, 0.717) is 41.6 Å². The van der Waals surface area contributed by atoms with Gasteiger partial charge in [0.2, 0.25) is 0 Å². The molecule has 0 aliphatic carbocycles. The van der Waals surface area contributed by atoms with Crippen LogP contribution in [-0.2, 0) is 0 Å². The highest BCUT2D eigenvalue weighted by molar-refractivity contribution is 5.91. The maximum absolute atomic E-state index is 13.8. The number of nitrogens with zero attached hydrogens (tertiary/aromatic N) is 4. The molecule has 1 fully saturated rings. The summed E-state index contributed by atoms with van der Waals surface area (Å²) in [4.78, 5) is 19.1. The Morgan fingerprint density at radius 1 is 1.26 bits per heavy atom. The van der Waals surface area contributed by atoms with Crippen LogP contribution < -0.4 is 4.74 Å². The van der Waals surface area contributed by atoms with Crippen molar-refractivity contribution in [2.24, 2.45) is 0 Å². The van der Waals surface area contributed by atoms with E-state index in [4.69, 9.17) is 9.15 Å². The lowest BCUT2D eigenvalue weighted by atomic mass is 9.97. The molecule has 4 heterocycles. The first-order chi connectivity index (χ1) is 15.1. The number of furan rings is 1. The molecule has 3 aromatic heterocycles. The molecular weight excluding hydrogens is 399 g/mol. The second-order valence-corrected chi connectivity index (χ2v) is 7.60. The Morgan fingerprint density at radius 2 is 2.16 bits per heavy atom. The van der Waals surface area contributed by atoms with Crippen molar-refractivity contribution in [1.82, 2.24) is 19.5 Å². The number of piperidine rings is 1. The Labute approximate surface area is 178 Å². The van der Waals surface area contributed by atoms with Crippen molar-refractivity contribution in [1.29, 1.82) is 0 Å². The van der Waals surface area contributed by atoms with Gasteiger partial charge in [-0.3, -0.25) is 4.79 Å². The van der Waals surface area contributed by atoms with Crippen LogP contribution in [0.5, 0.6) is 5.75 Å². The van der Waals surface area contributed by atoms with Crippen molar-refractivity contribution in [2.45, 2.75) is 18.8 Å². The standard InChI is InChI=1S/C23H21FN4O3/c1-30-19-8-7-17(24)12-18(19)15-6-9-21-25-22(26-28(21)14-15)16-4-2-10-27(13-16)23(29)20-5-3-11-31-20/h3,5-9,11-12,14,16H,2,4,10,13H2,1H3/t16-/m1/s1. The number of methoxy groups -OCH3 is 1. The average Bonchev–Trinajstić information content (AvgIpc) is 3.48. The first-order valence-corrected chi connectivity index (χ1v) is 10.2. The van der Waals surface area contributed by atoms with E-state index < -0.39 is 0 Å². The van der Waals surface area contributed by atoms with E-state index in [1.54, 1.807) is 34.7 Å². The number of pyridine rings is 1. The van der Waals surface area contributed by atoms with Crippen LogP contribution >= 0.6 is 0 Å². The number of carbonyl (C=O) groups is 1. The zero-order valence-electron chi connectivity index (χ0n) is 17.0. The van der Waals surface area contributed by atoms with Gasteiger partial charge in [0, 0.05) is 36.3 Å². The van der Waals surface area contributed by atoms with Crippen molar-refractivity contribution in [3.05, 3.63) is 72.3 Å². The molecule has 0 N–H and O–H groups in total. The van der Waals surface area contributed by atoms with Crippen LogP contribution in [-0.4, -0.2) is 45.6 Å². The number of fused-ring (bicyclic) bond motifs is 1. The fraction of sp³-hybridized carbons (Fsp3) is 0.261. The highest BCUT2D eigenvalue weighted by Crippen LogP contribution is 2.31. The predicted molar refractivity (Wildman–Crippen MR) is 112 cm³/mol. The fourth-order valence-corrected chi connectivity index (χ4v) is 4.07. The molecule has 158 valence electrons. The number of benzene rings is 1. The molecule has 1 aromatic carbocycles. The highest BCUT2D eigenvalue weighted by atomic mass is 19.1. The van der Waals surface area contributed by atoms with Gasteiger partial charge in [-0.25, -0.2) is 13.9 Å². The number of likely N-dealkylation sites (tertiary alicyclic amines) is 1. The summed E-state index contributed by atoms with van der Waals surface area (Å²) in [5, 5.41) is 4.67. The molecule has 0 radical (unpaired) electrons. The molecule has 1 atom stereocenters. The van der Waals surface area contributed by atoms with Crippen LogP contribution in [0, 0.1) is 5.82 Å². The Balaban J connectivity index is 1.43. The Kier molecular flexibility index (Phi) is 4.89. The molecule has 1 aliphatic heterocycles. The number of amides is 1. The molecule has 31 heavy (non-hydrogen) atoms. The molecule has 0 saturated carbocycles. The van der Waals surface area contributed by atoms with Crippen LogP contribution in [0.15, 0.2) is 59.3 Å². The van der Waals surface area contributed by atoms with Gasteiger partial charge in [0.25, 0.3) is 5.91 Å². The molecule has 8 heteroatoms. The van der Waals surface area contributed by atoms with Gasteiger partial charge >= 0.3 is 0 Å². The Morgan fingerprint density at radius 3 is 2.97 bits per heavy atom. The van der Waals surface area contributed by atoms with Crippen molar-refractivity contribution in [3.63, 3.8) is 0 Å². The third-order valence-electron chi connectivity index (χ3n) is 5.63. The molecule has 1 aliphatic rings. The minimum Gasteiger partial charge on any atom is -0.496 e. The number of halogens is 1. The zero-order valence-corrected chi connectivity index (χ0v) is 17.0. The van der Waals surface area contributed by atoms with Gasteiger partial charge in [0.1, 0.15) is 11.6 Å². The van der Waals surface area contributed by atoms with Gasteiger partial charge in [0.05, 0.1) is 13.4 Å². The van der Waals surface area contributed by atoms with Crippen LogP contribution in [0.2, 0.25) is 0 Å². The van der Waals surface area contributed by atoms with Gasteiger partial charge < -0.3 is 14.1 Å². The molecule has 4 aromatic rings. The molecule has 0 spiro atoms. The van der Waals surface area contributed by atoms with Crippen molar-refractivity contribution in [3.8, 4) is 16.9 Å². The Bertz CT molecular complexity index is 1240. The monoisotopic (exact) mass is 420 g/mol. The summed E-state index contributed by atoms with van der Waals surface area (Å²) >= 11 is 0. The fourth-order valence-electron chi connectivity index (χ4n) is 4.07. The Hall–Kier alpha value is -3.68. The number of rotatable bonds is 4. The number of ether oxygens (including phenoxy) is 1. The van der Waals surface area contributed by atoms with E-state index in [2.05, 4.69) is 10.1 Å². The lowest BCUT2D eigenvalue weighted by Crippen LogP contribution is -2.39. The number of carbonyl (C=O) groups excluding carboxylic acids is 1. The summed E-state index contributed by atoms with van der Waals surface area (Å²) in [7, 11) is 1.56. The molecule has 1 saturated heterocycles.